The van der Waals surface area contributed by atoms with Gasteiger partial charge < -0.3 is 13.8 Å². The highest BCUT2D eigenvalue weighted by atomic mass is 32.2. The number of hydrogen-bond donors (Lipinski definition) is 0. The third kappa shape index (κ3) is 5.37. The minimum absolute atomic E-state index is 0.0210. The molecule has 0 saturated heterocycles. The number of hydrogen-bond acceptors (Lipinski definition) is 7. The van der Waals surface area contributed by atoms with Gasteiger partial charge in [-0.25, -0.2) is 0 Å². The maximum absolute atomic E-state index is 13.7. The van der Waals surface area contributed by atoms with Gasteiger partial charge in [0.05, 0.1) is 22.8 Å². The van der Waals surface area contributed by atoms with Gasteiger partial charge in [0, 0.05) is 24.9 Å². The first-order chi connectivity index (χ1) is 12.6. The maximum atomic E-state index is 13.7. The Morgan fingerprint density at radius 3 is 2.35 bits per heavy atom. The number of aromatic nitrogens is 1. The Kier molecular flexibility index (Phi) is 9.21. The molecule has 2 rings (SSSR count). The van der Waals surface area contributed by atoms with E-state index in [1.54, 1.807) is 35.9 Å². The van der Waals surface area contributed by atoms with E-state index in [1.165, 1.54) is 0 Å². The highest BCUT2D eigenvalue weighted by molar-refractivity contribution is 8.22. The van der Waals surface area contributed by atoms with Crippen LogP contribution in [0.3, 0.4) is 0 Å². The molecule has 0 saturated carbocycles. The van der Waals surface area contributed by atoms with E-state index in [2.05, 4.69) is 11.9 Å². The second-order valence-electron chi connectivity index (χ2n) is 5.51. The van der Waals surface area contributed by atoms with Gasteiger partial charge in [-0.2, -0.15) is 0 Å². The summed E-state index contributed by atoms with van der Waals surface area (Å²) in [6.07, 6.45) is 4.27. The van der Waals surface area contributed by atoms with Crippen molar-refractivity contribution in [2.45, 2.75) is 45.5 Å². The van der Waals surface area contributed by atoms with Crippen LogP contribution in [0.4, 0.5) is 0 Å². The third-order valence-corrected chi connectivity index (χ3v) is 8.90. The first-order valence-electron chi connectivity index (χ1n) is 9.04. The van der Waals surface area contributed by atoms with E-state index in [4.69, 9.17) is 13.8 Å². The number of thioether (sulfide) groups is 2. The molecule has 1 aliphatic heterocycles. The van der Waals surface area contributed by atoms with Crippen molar-refractivity contribution in [2.24, 2.45) is 0 Å². The first kappa shape index (κ1) is 22.0. The van der Waals surface area contributed by atoms with E-state index >= 15 is 0 Å². The van der Waals surface area contributed by atoms with E-state index in [0.29, 0.717) is 19.8 Å². The smallest absolute Gasteiger partial charge is 0.359 e. The third-order valence-electron chi connectivity index (χ3n) is 3.84. The maximum Gasteiger partial charge on any atom is 0.359 e. The molecular weight excluding hydrogens is 389 g/mol. The molecular formula is C18H28NO4PS2. The SMILES string of the molecule is CCO[C@H]1C[C@@H](c2ccncc2)C(P(=O)(OCC)OCC)=C(SCC)S1. The van der Waals surface area contributed by atoms with Crippen LogP contribution in [-0.2, 0) is 18.3 Å². The Hall–Kier alpha value is -0.300. The van der Waals surface area contributed by atoms with E-state index in [-0.39, 0.29) is 11.4 Å². The summed E-state index contributed by atoms with van der Waals surface area (Å²) in [5, 5.41) is 0.778. The zero-order valence-corrected chi connectivity index (χ0v) is 18.4. The number of rotatable bonds is 10. The van der Waals surface area contributed by atoms with Gasteiger partial charge in [-0.3, -0.25) is 9.55 Å². The molecule has 2 heterocycles. The molecule has 0 bridgehead atoms. The minimum atomic E-state index is -3.39. The number of ether oxygens (including phenoxy) is 1. The van der Waals surface area contributed by atoms with Crippen LogP contribution in [0, 0.1) is 0 Å². The molecule has 0 amide bonds. The van der Waals surface area contributed by atoms with Gasteiger partial charge in [-0.15, -0.1) is 11.8 Å². The summed E-state index contributed by atoms with van der Waals surface area (Å²) >= 11 is 3.32. The number of pyridine rings is 1. The Balaban J connectivity index is 2.58. The molecule has 8 heteroatoms. The van der Waals surface area contributed by atoms with Crippen molar-refractivity contribution in [1.82, 2.24) is 4.98 Å². The Bertz CT molecular complexity index is 631. The van der Waals surface area contributed by atoms with Gasteiger partial charge in [0.15, 0.2) is 0 Å². The van der Waals surface area contributed by atoms with Gasteiger partial charge in [0.1, 0.15) is 5.44 Å². The summed E-state index contributed by atoms with van der Waals surface area (Å²) in [6, 6.07) is 3.94. The van der Waals surface area contributed by atoms with E-state index in [9.17, 15) is 4.57 Å². The van der Waals surface area contributed by atoms with Crippen molar-refractivity contribution < 1.29 is 18.3 Å². The molecule has 1 aromatic rings. The lowest BCUT2D eigenvalue weighted by Crippen LogP contribution is -2.21. The van der Waals surface area contributed by atoms with E-state index in [1.807, 2.05) is 32.9 Å². The summed E-state index contributed by atoms with van der Waals surface area (Å²) in [4.78, 5) is 4.12. The van der Waals surface area contributed by atoms with Crippen LogP contribution in [-0.4, -0.2) is 36.0 Å². The zero-order chi connectivity index (χ0) is 19.0. The lowest BCUT2D eigenvalue weighted by molar-refractivity contribution is 0.115. The van der Waals surface area contributed by atoms with Crippen LogP contribution in [0.25, 0.3) is 0 Å². The second-order valence-corrected chi connectivity index (χ2v) is 10.2. The predicted octanol–water partition coefficient (Wildman–Crippen LogP) is 5.85. The molecule has 1 aromatic heterocycles. The zero-order valence-electron chi connectivity index (χ0n) is 15.8. The van der Waals surface area contributed by atoms with Crippen molar-refractivity contribution in [3.05, 3.63) is 39.6 Å². The molecule has 5 nitrogen and oxygen atoms in total. The van der Waals surface area contributed by atoms with Gasteiger partial charge in [0.2, 0.25) is 0 Å². The molecule has 0 fully saturated rings. The monoisotopic (exact) mass is 417 g/mol. The molecule has 26 heavy (non-hydrogen) atoms. The van der Waals surface area contributed by atoms with Crippen LogP contribution in [0.1, 0.15) is 45.6 Å². The van der Waals surface area contributed by atoms with Gasteiger partial charge in [-0.05, 0) is 50.6 Å². The number of allylic oxidation sites excluding steroid dienone is 1. The molecule has 0 unspecified atom stereocenters. The molecule has 1 aliphatic rings. The standard InChI is InChI=1S/C18H28NO4PS2/c1-5-21-16-13-15(14-9-11-19-12-10-14)17(18(26-16)25-8-4)24(20,22-6-2)23-7-3/h9-12,15-16H,5-8,13H2,1-4H3/t15-,16+/m0/s1. The van der Waals surface area contributed by atoms with Crippen LogP contribution in [0.5, 0.6) is 0 Å². The summed E-state index contributed by atoms with van der Waals surface area (Å²) in [5.74, 6) is 0.806. The largest absolute Gasteiger partial charge is 0.367 e. The Morgan fingerprint density at radius 2 is 1.81 bits per heavy atom. The van der Waals surface area contributed by atoms with Crippen LogP contribution < -0.4 is 0 Å². The van der Waals surface area contributed by atoms with Gasteiger partial charge >= 0.3 is 7.60 Å². The molecule has 0 N–H and O–H groups in total. The fraction of sp³-hybridized carbons (Fsp3) is 0.611. The molecule has 0 aliphatic carbocycles. The van der Waals surface area contributed by atoms with Crippen molar-refractivity contribution in [3.8, 4) is 0 Å². The van der Waals surface area contributed by atoms with Crippen molar-refractivity contribution in [1.29, 1.82) is 0 Å². The van der Waals surface area contributed by atoms with Crippen molar-refractivity contribution in [2.75, 3.05) is 25.6 Å². The lowest BCUT2D eigenvalue weighted by atomic mass is 9.96. The Labute approximate surface area is 165 Å². The molecule has 146 valence electrons. The van der Waals surface area contributed by atoms with E-state index < -0.39 is 7.60 Å². The average molecular weight is 418 g/mol. The summed E-state index contributed by atoms with van der Waals surface area (Å²) in [5.41, 5.74) is 1.08. The summed E-state index contributed by atoms with van der Waals surface area (Å²) < 4.78 is 32.1. The second kappa shape index (κ2) is 10.9. The quantitative estimate of drug-likeness (QED) is 0.442. The summed E-state index contributed by atoms with van der Waals surface area (Å²) in [7, 11) is -3.39. The topological polar surface area (TPSA) is 57.7 Å². The average Bonchev–Trinajstić information content (AvgIpc) is 2.63. The van der Waals surface area contributed by atoms with Crippen LogP contribution >= 0.6 is 31.1 Å². The fourth-order valence-corrected chi connectivity index (χ4v) is 8.32. The van der Waals surface area contributed by atoms with Crippen LogP contribution in [0.2, 0.25) is 0 Å². The highest BCUT2D eigenvalue weighted by Gasteiger charge is 2.43. The lowest BCUT2D eigenvalue weighted by Gasteiger charge is -2.35. The molecule has 0 aromatic carbocycles. The normalized spacial score (nSPS) is 21.2. The first-order valence-corrected chi connectivity index (χ1v) is 12.4. The van der Waals surface area contributed by atoms with Gasteiger partial charge in [0.25, 0.3) is 0 Å². The van der Waals surface area contributed by atoms with E-state index in [0.717, 1.165) is 27.3 Å². The fourth-order valence-electron chi connectivity index (χ4n) is 2.91. The molecule has 2 atom stereocenters. The minimum Gasteiger partial charge on any atom is -0.367 e. The van der Waals surface area contributed by atoms with Crippen molar-refractivity contribution >= 4 is 31.1 Å². The predicted molar refractivity (Wildman–Crippen MR) is 111 cm³/mol. The van der Waals surface area contributed by atoms with Crippen molar-refractivity contribution in [3.63, 3.8) is 0 Å². The molecule has 0 radical (unpaired) electrons. The molecule has 0 spiro atoms. The highest BCUT2D eigenvalue weighted by Crippen LogP contribution is 2.67. The van der Waals surface area contributed by atoms with Gasteiger partial charge in [-0.1, -0.05) is 18.7 Å². The summed E-state index contributed by atoms with van der Waals surface area (Å²) in [6.45, 7) is 9.11. The Morgan fingerprint density at radius 1 is 1.15 bits per heavy atom. The number of nitrogens with zero attached hydrogens (tertiary/aromatic N) is 1. The van der Waals surface area contributed by atoms with Crippen LogP contribution in [0.15, 0.2) is 34.1 Å².